The number of methoxy groups -OCH3 is 1. The summed E-state index contributed by atoms with van der Waals surface area (Å²) in [7, 11) is 1.70. The van der Waals surface area contributed by atoms with E-state index in [0.29, 0.717) is 12.6 Å². The fraction of sp³-hybridized carbons (Fsp3) is 0.333. The zero-order chi connectivity index (χ0) is 26.7. The van der Waals surface area contributed by atoms with Crippen LogP contribution in [0.1, 0.15) is 37.8 Å². The first-order chi connectivity index (χ1) is 18.1. The summed E-state index contributed by atoms with van der Waals surface area (Å²) in [4.78, 5) is 2.54. The third kappa shape index (κ3) is 12.0. The highest BCUT2D eigenvalue weighted by atomic mass is 16.5. The second-order valence-electron chi connectivity index (χ2n) is 9.09. The molecule has 1 N–H and O–H groups in total. The molecule has 1 fully saturated rings. The van der Waals surface area contributed by atoms with Gasteiger partial charge in [0.2, 0.25) is 0 Å². The molecule has 0 bridgehead atoms. The third-order valence-corrected chi connectivity index (χ3v) is 6.08. The first-order valence-electron chi connectivity index (χ1n) is 13.1. The topological polar surface area (TPSA) is 33.7 Å². The highest BCUT2D eigenvalue weighted by Gasteiger charge is 2.19. The molecule has 0 aliphatic carbocycles. The number of hydrogen-bond donors (Lipinski definition) is 1. The summed E-state index contributed by atoms with van der Waals surface area (Å²) in [5.41, 5.74) is 3.74. The van der Waals surface area contributed by atoms with Gasteiger partial charge in [-0.05, 0) is 63.0 Å². The standard InChI is InChI=1S/C28H36N2O2.C5H8/c1-4-5-7-10-23(2)21-30-17-15-26(16-18-30)29-20-25-13-14-27(28(19-25)31-3)32-22-24-11-8-6-9-12-24;1-3-5-4-2/h4-14,19,26,29H,1,15-18,20-22H2,2-3H3;3-5H,1H2,2H3/b7-5-,23-10+;5-4-. The Morgan fingerprint density at radius 2 is 1.70 bits per heavy atom. The molecule has 198 valence electrons. The molecule has 0 aromatic heterocycles. The Kier molecular flexibility index (Phi) is 14.5. The molecule has 4 nitrogen and oxygen atoms in total. The molecule has 37 heavy (non-hydrogen) atoms. The van der Waals surface area contributed by atoms with E-state index in [2.05, 4.69) is 66.7 Å². The predicted octanol–water partition coefficient (Wildman–Crippen LogP) is 7.27. The quantitative estimate of drug-likeness (QED) is 0.311. The number of likely N-dealkylation sites (tertiary alicyclic amines) is 1. The Labute approximate surface area is 224 Å². The van der Waals surface area contributed by atoms with Gasteiger partial charge in [-0.3, -0.25) is 4.90 Å². The van der Waals surface area contributed by atoms with Gasteiger partial charge >= 0.3 is 0 Å². The number of ether oxygens (including phenoxy) is 2. The van der Waals surface area contributed by atoms with Crippen LogP contribution in [0.3, 0.4) is 0 Å². The van der Waals surface area contributed by atoms with Crippen LogP contribution in [0.15, 0.2) is 110 Å². The van der Waals surface area contributed by atoms with Crippen molar-refractivity contribution in [1.82, 2.24) is 10.2 Å². The molecule has 0 saturated carbocycles. The van der Waals surface area contributed by atoms with E-state index in [-0.39, 0.29) is 0 Å². The van der Waals surface area contributed by atoms with Crippen molar-refractivity contribution < 1.29 is 9.47 Å². The van der Waals surface area contributed by atoms with Crippen LogP contribution >= 0.6 is 0 Å². The lowest BCUT2D eigenvalue weighted by atomic mass is 10.0. The van der Waals surface area contributed by atoms with Gasteiger partial charge in [0.05, 0.1) is 7.11 Å². The van der Waals surface area contributed by atoms with Gasteiger partial charge in [0.1, 0.15) is 6.61 Å². The van der Waals surface area contributed by atoms with Crippen LogP contribution < -0.4 is 14.8 Å². The van der Waals surface area contributed by atoms with Crippen molar-refractivity contribution in [2.45, 2.75) is 45.9 Å². The van der Waals surface area contributed by atoms with Gasteiger partial charge in [0.25, 0.3) is 0 Å². The number of piperidine rings is 1. The second-order valence-corrected chi connectivity index (χ2v) is 9.09. The number of rotatable bonds is 12. The van der Waals surface area contributed by atoms with Gasteiger partial charge < -0.3 is 14.8 Å². The molecule has 0 radical (unpaired) electrons. The van der Waals surface area contributed by atoms with Crippen molar-refractivity contribution >= 4 is 0 Å². The summed E-state index contributed by atoms with van der Waals surface area (Å²) < 4.78 is 11.6. The molecule has 4 heteroatoms. The maximum Gasteiger partial charge on any atom is 0.161 e. The van der Waals surface area contributed by atoms with Crippen LogP contribution in [-0.4, -0.2) is 37.7 Å². The fourth-order valence-corrected chi connectivity index (χ4v) is 4.07. The fourth-order valence-electron chi connectivity index (χ4n) is 4.07. The first kappa shape index (κ1) is 29.9. The Bertz CT molecular complexity index is 1020. The highest BCUT2D eigenvalue weighted by Crippen LogP contribution is 2.29. The van der Waals surface area contributed by atoms with Crippen LogP contribution in [0.5, 0.6) is 11.5 Å². The maximum absolute atomic E-state index is 5.97. The van der Waals surface area contributed by atoms with Crippen LogP contribution in [0.4, 0.5) is 0 Å². The average molecular weight is 501 g/mol. The lowest BCUT2D eigenvalue weighted by Gasteiger charge is -2.32. The van der Waals surface area contributed by atoms with E-state index >= 15 is 0 Å². The van der Waals surface area contributed by atoms with Crippen LogP contribution in [-0.2, 0) is 13.2 Å². The molecule has 1 saturated heterocycles. The van der Waals surface area contributed by atoms with E-state index in [1.54, 1.807) is 13.2 Å². The Balaban J connectivity index is 0.000000877. The van der Waals surface area contributed by atoms with E-state index < -0.39 is 0 Å². The minimum Gasteiger partial charge on any atom is -0.493 e. The largest absolute Gasteiger partial charge is 0.493 e. The summed E-state index contributed by atoms with van der Waals surface area (Å²) in [5.74, 6) is 1.56. The third-order valence-electron chi connectivity index (χ3n) is 6.08. The van der Waals surface area contributed by atoms with Crippen molar-refractivity contribution in [1.29, 1.82) is 0 Å². The van der Waals surface area contributed by atoms with E-state index in [1.807, 2.05) is 55.5 Å². The number of hydrogen-bond acceptors (Lipinski definition) is 4. The molecule has 0 atom stereocenters. The maximum atomic E-state index is 5.97. The molecule has 1 aliphatic rings. The van der Waals surface area contributed by atoms with Crippen molar-refractivity contribution in [3.05, 3.63) is 121 Å². The number of benzene rings is 2. The normalized spacial score (nSPS) is 14.8. The van der Waals surface area contributed by atoms with Gasteiger partial charge in [-0.2, -0.15) is 0 Å². The second kappa shape index (κ2) is 18.0. The molecule has 1 heterocycles. The van der Waals surface area contributed by atoms with Gasteiger partial charge in [0.15, 0.2) is 11.5 Å². The molecule has 3 rings (SSSR count). The van der Waals surface area contributed by atoms with Gasteiger partial charge in [0, 0.05) is 19.1 Å². The predicted molar refractivity (Wildman–Crippen MR) is 158 cm³/mol. The zero-order valence-corrected chi connectivity index (χ0v) is 22.9. The monoisotopic (exact) mass is 500 g/mol. The van der Waals surface area contributed by atoms with Crippen LogP contribution in [0.2, 0.25) is 0 Å². The number of allylic oxidation sites excluding steroid dienone is 7. The summed E-state index contributed by atoms with van der Waals surface area (Å²) in [6, 6.07) is 16.9. The molecule has 2 aromatic carbocycles. The molecule has 2 aromatic rings. The molecule has 0 spiro atoms. The Hall–Kier alpha value is -3.34. The minimum atomic E-state index is 0.534. The van der Waals surface area contributed by atoms with Gasteiger partial charge in [-0.15, -0.1) is 0 Å². The van der Waals surface area contributed by atoms with E-state index in [9.17, 15) is 0 Å². The van der Waals surface area contributed by atoms with Crippen molar-refractivity contribution in [2.75, 3.05) is 26.7 Å². The molecule has 0 unspecified atom stereocenters. The summed E-state index contributed by atoms with van der Waals surface area (Å²) in [6.45, 7) is 16.0. The average Bonchev–Trinajstić information content (AvgIpc) is 2.93. The number of nitrogens with zero attached hydrogens (tertiary/aromatic N) is 1. The molecular weight excluding hydrogens is 456 g/mol. The van der Waals surface area contributed by atoms with Gasteiger partial charge in [-0.1, -0.05) is 97.7 Å². The zero-order valence-electron chi connectivity index (χ0n) is 22.9. The van der Waals surface area contributed by atoms with E-state index in [0.717, 1.165) is 43.2 Å². The Morgan fingerprint density at radius 3 is 2.32 bits per heavy atom. The lowest BCUT2D eigenvalue weighted by molar-refractivity contribution is 0.211. The van der Waals surface area contributed by atoms with Crippen molar-refractivity contribution in [2.24, 2.45) is 0 Å². The molecule has 1 aliphatic heterocycles. The SMILES string of the molecule is C=C/C=C\C.C=C/C=C\C=C(/C)CN1CCC(NCc2ccc(OCc3ccccc3)c(OC)c2)CC1. The molecular formula is C33H44N2O2. The smallest absolute Gasteiger partial charge is 0.161 e. The van der Waals surface area contributed by atoms with Crippen molar-refractivity contribution in [3.63, 3.8) is 0 Å². The van der Waals surface area contributed by atoms with Crippen molar-refractivity contribution in [3.8, 4) is 11.5 Å². The highest BCUT2D eigenvalue weighted by molar-refractivity contribution is 5.43. The van der Waals surface area contributed by atoms with Gasteiger partial charge in [-0.25, -0.2) is 0 Å². The first-order valence-corrected chi connectivity index (χ1v) is 13.1. The summed E-state index contributed by atoms with van der Waals surface area (Å²) in [6.07, 6.45) is 15.9. The van der Waals surface area contributed by atoms with Crippen LogP contribution in [0, 0.1) is 0 Å². The Morgan fingerprint density at radius 1 is 0.973 bits per heavy atom. The van der Waals surface area contributed by atoms with E-state index in [1.165, 1.54) is 24.0 Å². The summed E-state index contributed by atoms with van der Waals surface area (Å²) in [5, 5.41) is 3.72. The van der Waals surface area contributed by atoms with E-state index in [4.69, 9.17) is 9.47 Å². The molecule has 0 amide bonds. The minimum absolute atomic E-state index is 0.534. The lowest BCUT2D eigenvalue weighted by Crippen LogP contribution is -2.42. The number of nitrogens with one attached hydrogen (secondary N) is 1. The van der Waals surface area contributed by atoms with Crippen LogP contribution in [0.25, 0.3) is 0 Å². The summed E-state index contributed by atoms with van der Waals surface area (Å²) >= 11 is 0.